The van der Waals surface area contributed by atoms with Crippen LogP contribution in [0.3, 0.4) is 0 Å². The average molecular weight is 361 g/mol. The lowest BCUT2D eigenvalue weighted by molar-refractivity contribution is 0.323. The largest absolute Gasteiger partial charge is 0.492 e. The summed E-state index contributed by atoms with van der Waals surface area (Å²) in [6.45, 7) is 0.224. The SMILES string of the molecule is O=c1[nH]c(=O)c2cc(S(=O)(=O)NCCOc3ccccc3)ccc2[nH]1. The molecule has 0 saturated carbocycles. The number of nitrogens with one attached hydrogen (secondary N) is 3. The number of hydrogen-bond acceptors (Lipinski definition) is 5. The maximum Gasteiger partial charge on any atom is 0.326 e. The minimum absolute atomic E-state index is 0.0667. The molecule has 0 aliphatic heterocycles. The number of benzene rings is 2. The van der Waals surface area contributed by atoms with Crippen molar-refractivity contribution >= 4 is 20.9 Å². The molecule has 2 aromatic carbocycles. The van der Waals surface area contributed by atoms with E-state index < -0.39 is 21.3 Å². The molecule has 9 heteroatoms. The van der Waals surface area contributed by atoms with Crippen LogP contribution in [0.1, 0.15) is 0 Å². The van der Waals surface area contributed by atoms with Gasteiger partial charge in [0.15, 0.2) is 0 Å². The summed E-state index contributed by atoms with van der Waals surface area (Å²) in [6, 6.07) is 12.9. The van der Waals surface area contributed by atoms with Crippen LogP contribution >= 0.6 is 0 Å². The van der Waals surface area contributed by atoms with Crippen LogP contribution in [0.4, 0.5) is 0 Å². The van der Waals surface area contributed by atoms with Crippen LogP contribution in [0.5, 0.6) is 5.75 Å². The van der Waals surface area contributed by atoms with E-state index >= 15 is 0 Å². The highest BCUT2D eigenvalue weighted by Gasteiger charge is 2.15. The van der Waals surface area contributed by atoms with E-state index in [2.05, 4.69) is 14.7 Å². The van der Waals surface area contributed by atoms with E-state index in [1.807, 2.05) is 18.2 Å². The van der Waals surface area contributed by atoms with Gasteiger partial charge in [-0.15, -0.1) is 0 Å². The van der Waals surface area contributed by atoms with E-state index in [4.69, 9.17) is 4.74 Å². The molecule has 3 N–H and O–H groups in total. The maximum absolute atomic E-state index is 12.3. The Kier molecular flexibility index (Phi) is 4.68. The maximum atomic E-state index is 12.3. The van der Waals surface area contributed by atoms with E-state index in [0.717, 1.165) is 0 Å². The summed E-state index contributed by atoms with van der Waals surface area (Å²) < 4.78 is 32.5. The van der Waals surface area contributed by atoms with Crippen LogP contribution in [0.15, 0.2) is 63.0 Å². The third kappa shape index (κ3) is 3.95. The first-order chi connectivity index (χ1) is 12.0. The van der Waals surface area contributed by atoms with Crippen molar-refractivity contribution in [2.24, 2.45) is 0 Å². The minimum atomic E-state index is -3.81. The molecule has 1 aromatic heterocycles. The molecule has 0 aliphatic carbocycles. The van der Waals surface area contributed by atoms with Gasteiger partial charge in [-0.25, -0.2) is 17.9 Å². The molecule has 25 heavy (non-hydrogen) atoms. The molecule has 0 atom stereocenters. The number of H-pyrrole nitrogens is 2. The second-order valence-corrected chi connectivity index (χ2v) is 6.94. The zero-order valence-electron chi connectivity index (χ0n) is 13.0. The summed E-state index contributed by atoms with van der Waals surface area (Å²) in [7, 11) is -3.81. The quantitative estimate of drug-likeness (QED) is 0.554. The monoisotopic (exact) mass is 361 g/mol. The van der Waals surface area contributed by atoms with Gasteiger partial charge in [0.25, 0.3) is 5.56 Å². The van der Waals surface area contributed by atoms with Crippen molar-refractivity contribution in [2.75, 3.05) is 13.2 Å². The predicted octanol–water partition coefficient (Wildman–Crippen LogP) is 0.574. The Labute approximate surface area is 142 Å². The smallest absolute Gasteiger partial charge is 0.326 e. The molecular formula is C16H15N3O5S. The third-order valence-corrected chi connectivity index (χ3v) is 4.89. The van der Waals surface area contributed by atoms with Gasteiger partial charge < -0.3 is 9.72 Å². The van der Waals surface area contributed by atoms with Crippen LogP contribution in [-0.4, -0.2) is 31.5 Å². The molecule has 0 radical (unpaired) electrons. The highest BCUT2D eigenvalue weighted by molar-refractivity contribution is 7.89. The van der Waals surface area contributed by atoms with Crippen molar-refractivity contribution in [3.63, 3.8) is 0 Å². The number of sulfonamides is 1. The van der Waals surface area contributed by atoms with Crippen molar-refractivity contribution in [3.05, 3.63) is 69.4 Å². The van der Waals surface area contributed by atoms with Crippen LogP contribution in [0.25, 0.3) is 10.9 Å². The first-order valence-electron chi connectivity index (χ1n) is 7.39. The zero-order valence-corrected chi connectivity index (χ0v) is 13.8. The van der Waals surface area contributed by atoms with Crippen LogP contribution in [0.2, 0.25) is 0 Å². The predicted molar refractivity (Wildman–Crippen MR) is 92.3 cm³/mol. The molecule has 0 unspecified atom stereocenters. The van der Waals surface area contributed by atoms with Gasteiger partial charge in [0.1, 0.15) is 12.4 Å². The number of fused-ring (bicyclic) bond motifs is 1. The number of hydrogen-bond donors (Lipinski definition) is 3. The third-order valence-electron chi connectivity index (χ3n) is 3.43. The number of para-hydroxylation sites is 1. The molecule has 3 aromatic rings. The van der Waals surface area contributed by atoms with E-state index in [1.54, 1.807) is 12.1 Å². The minimum Gasteiger partial charge on any atom is -0.492 e. The highest BCUT2D eigenvalue weighted by atomic mass is 32.2. The van der Waals surface area contributed by atoms with Gasteiger partial charge in [-0.05, 0) is 30.3 Å². The standard InChI is InChI=1S/C16H15N3O5S/c20-15-13-10-12(6-7-14(13)18-16(21)19-15)25(22,23)17-8-9-24-11-4-2-1-3-5-11/h1-7,10,17H,8-9H2,(H2,18,19,20,21). The lowest BCUT2D eigenvalue weighted by atomic mass is 10.2. The molecule has 0 spiro atoms. The Morgan fingerprint density at radius 1 is 1.00 bits per heavy atom. The van der Waals surface area contributed by atoms with Crippen molar-refractivity contribution in [2.45, 2.75) is 4.90 Å². The van der Waals surface area contributed by atoms with E-state index in [1.165, 1.54) is 18.2 Å². The number of rotatable bonds is 6. The highest BCUT2D eigenvalue weighted by Crippen LogP contribution is 2.14. The normalized spacial score (nSPS) is 11.5. The molecule has 0 amide bonds. The van der Waals surface area contributed by atoms with Crippen molar-refractivity contribution in [1.82, 2.24) is 14.7 Å². The summed E-state index contributed by atoms with van der Waals surface area (Å²) >= 11 is 0. The molecule has 3 rings (SSSR count). The lowest BCUT2D eigenvalue weighted by Gasteiger charge is -2.09. The van der Waals surface area contributed by atoms with Gasteiger partial charge in [-0.2, -0.15) is 0 Å². The van der Waals surface area contributed by atoms with Crippen LogP contribution in [-0.2, 0) is 10.0 Å². The molecule has 0 bridgehead atoms. The van der Waals surface area contributed by atoms with Gasteiger partial charge in [-0.3, -0.25) is 9.78 Å². The van der Waals surface area contributed by atoms with E-state index in [-0.39, 0.29) is 29.0 Å². The number of aromatic nitrogens is 2. The van der Waals surface area contributed by atoms with Gasteiger partial charge in [0, 0.05) is 6.54 Å². The summed E-state index contributed by atoms with van der Waals surface area (Å²) in [5.74, 6) is 0.642. The van der Waals surface area contributed by atoms with Crippen LogP contribution in [0, 0.1) is 0 Å². The summed E-state index contributed by atoms with van der Waals surface area (Å²) in [5.41, 5.74) is -1.03. The van der Waals surface area contributed by atoms with Crippen molar-refractivity contribution < 1.29 is 13.2 Å². The molecule has 8 nitrogen and oxygen atoms in total. The fourth-order valence-electron chi connectivity index (χ4n) is 2.26. The fourth-order valence-corrected chi connectivity index (χ4v) is 3.30. The Morgan fingerprint density at radius 2 is 1.76 bits per heavy atom. The van der Waals surface area contributed by atoms with Gasteiger partial charge in [0.05, 0.1) is 15.8 Å². The first-order valence-corrected chi connectivity index (χ1v) is 8.88. The average Bonchev–Trinajstić information content (AvgIpc) is 2.59. The second kappa shape index (κ2) is 6.91. The van der Waals surface area contributed by atoms with Crippen molar-refractivity contribution in [1.29, 1.82) is 0 Å². The first kappa shape index (κ1) is 16.9. The Morgan fingerprint density at radius 3 is 2.52 bits per heavy atom. The Balaban J connectivity index is 1.72. The lowest BCUT2D eigenvalue weighted by Crippen LogP contribution is -2.28. The molecule has 0 fully saturated rings. The Bertz CT molecular complexity index is 1100. The van der Waals surface area contributed by atoms with Gasteiger partial charge in [0.2, 0.25) is 10.0 Å². The molecule has 0 aliphatic rings. The number of ether oxygens (including phenoxy) is 1. The molecule has 130 valence electrons. The van der Waals surface area contributed by atoms with Gasteiger partial charge >= 0.3 is 5.69 Å². The van der Waals surface area contributed by atoms with Crippen LogP contribution < -0.4 is 20.7 Å². The van der Waals surface area contributed by atoms with E-state index in [0.29, 0.717) is 5.75 Å². The fraction of sp³-hybridized carbons (Fsp3) is 0.125. The summed E-state index contributed by atoms with van der Waals surface area (Å²) in [5, 5.41) is 0.0861. The number of aromatic amines is 2. The van der Waals surface area contributed by atoms with Gasteiger partial charge in [-0.1, -0.05) is 18.2 Å². The zero-order chi connectivity index (χ0) is 17.9. The summed E-state index contributed by atoms with van der Waals surface area (Å²) in [6.07, 6.45) is 0. The second-order valence-electron chi connectivity index (χ2n) is 5.17. The summed E-state index contributed by atoms with van der Waals surface area (Å²) in [4.78, 5) is 27.4. The van der Waals surface area contributed by atoms with E-state index in [9.17, 15) is 18.0 Å². The van der Waals surface area contributed by atoms with Crippen molar-refractivity contribution in [3.8, 4) is 5.75 Å². The Hall–Kier alpha value is -2.91. The molecule has 1 heterocycles. The topological polar surface area (TPSA) is 121 Å². The molecular weight excluding hydrogens is 346 g/mol. The molecule has 0 saturated heterocycles.